The van der Waals surface area contributed by atoms with Crippen LogP contribution in [0.25, 0.3) is 0 Å². The summed E-state index contributed by atoms with van der Waals surface area (Å²) in [5, 5.41) is 0. The van der Waals surface area contributed by atoms with Crippen molar-refractivity contribution in [1.29, 1.82) is 0 Å². The minimum atomic E-state index is 0.608. The lowest BCUT2D eigenvalue weighted by Crippen LogP contribution is -1.95. The molecule has 0 aliphatic rings. The molecule has 1 aromatic rings. The molecule has 0 amide bonds. The lowest BCUT2D eigenvalue weighted by atomic mass is 9.94. The lowest BCUT2D eigenvalue weighted by Gasteiger charge is -2.13. The number of benzene rings is 1. The zero-order valence-electron chi connectivity index (χ0n) is 13.3. The van der Waals surface area contributed by atoms with Gasteiger partial charge in [0.1, 0.15) is 5.75 Å². The van der Waals surface area contributed by atoms with Crippen LogP contribution in [0, 0.1) is 0 Å². The maximum absolute atomic E-state index is 5.34. The summed E-state index contributed by atoms with van der Waals surface area (Å²) < 4.78 is 6.45. The van der Waals surface area contributed by atoms with Crippen molar-refractivity contribution in [1.82, 2.24) is 0 Å². The molecule has 0 bridgehead atoms. The van der Waals surface area contributed by atoms with Gasteiger partial charge in [0.2, 0.25) is 0 Å². The first-order valence-electron chi connectivity index (χ1n) is 8.01. The normalized spacial score (nSPS) is 12.4. The van der Waals surface area contributed by atoms with Gasteiger partial charge in [0, 0.05) is 4.47 Å². The average Bonchev–Trinajstić information content (AvgIpc) is 2.45. The number of rotatable bonds is 10. The molecule has 20 heavy (non-hydrogen) atoms. The lowest BCUT2D eigenvalue weighted by molar-refractivity contribution is 0.413. The second-order valence-electron chi connectivity index (χ2n) is 5.74. The first-order valence-corrected chi connectivity index (χ1v) is 8.81. The van der Waals surface area contributed by atoms with Crippen LogP contribution in [0.3, 0.4) is 0 Å². The molecule has 0 spiro atoms. The molecule has 0 saturated carbocycles. The molecule has 1 unspecified atom stereocenters. The van der Waals surface area contributed by atoms with Gasteiger partial charge in [-0.2, -0.15) is 0 Å². The van der Waals surface area contributed by atoms with E-state index in [-0.39, 0.29) is 0 Å². The molecule has 1 rings (SSSR count). The zero-order valence-corrected chi connectivity index (χ0v) is 14.8. The Morgan fingerprint density at radius 1 is 1.00 bits per heavy atom. The van der Waals surface area contributed by atoms with Gasteiger partial charge in [-0.3, -0.25) is 0 Å². The fourth-order valence-electron chi connectivity index (χ4n) is 2.56. The van der Waals surface area contributed by atoms with Crippen molar-refractivity contribution in [2.75, 3.05) is 7.11 Å². The van der Waals surface area contributed by atoms with Gasteiger partial charge in [-0.1, -0.05) is 74.7 Å². The highest BCUT2D eigenvalue weighted by Gasteiger charge is 2.08. The second kappa shape index (κ2) is 10.3. The largest absolute Gasteiger partial charge is 0.497 e. The molecule has 0 fully saturated rings. The van der Waals surface area contributed by atoms with Crippen molar-refractivity contribution >= 4 is 15.9 Å². The van der Waals surface area contributed by atoms with Gasteiger partial charge in [-0.25, -0.2) is 0 Å². The van der Waals surface area contributed by atoms with Crippen LogP contribution in [0.4, 0.5) is 0 Å². The highest BCUT2D eigenvalue weighted by atomic mass is 79.9. The van der Waals surface area contributed by atoms with E-state index in [1.807, 2.05) is 6.07 Å². The predicted octanol–water partition coefficient (Wildman–Crippen LogP) is 6.70. The minimum Gasteiger partial charge on any atom is -0.497 e. The SMILES string of the molecule is CCCCCCCCCC(C)c1cc(Br)cc(OC)c1. The smallest absolute Gasteiger partial charge is 0.120 e. The molecule has 0 aliphatic carbocycles. The summed E-state index contributed by atoms with van der Waals surface area (Å²) in [6.07, 6.45) is 10.9. The van der Waals surface area contributed by atoms with Crippen LogP contribution in [-0.2, 0) is 0 Å². The van der Waals surface area contributed by atoms with Gasteiger partial charge in [-0.15, -0.1) is 0 Å². The Kier molecular flexibility index (Phi) is 9.00. The molecule has 0 radical (unpaired) electrons. The summed E-state index contributed by atoms with van der Waals surface area (Å²) in [5.41, 5.74) is 1.38. The number of methoxy groups -OCH3 is 1. The second-order valence-corrected chi connectivity index (χ2v) is 6.65. The molecule has 0 aromatic heterocycles. The van der Waals surface area contributed by atoms with Gasteiger partial charge in [0.15, 0.2) is 0 Å². The summed E-state index contributed by atoms with van der Waals surface area (Å²) in [7, 11) is 1.73. The molecular weight excluding hydrogens is 312 g/mol. The molecular formula is C18H29BrO. The van der Waals surface area contributed by atoms with E-state index >= 15 is 0 Å². The van der Waals surface area contributed by atoms with Crippen LogP contribution >= 0.6 is 15.9 Å². The molecule has 0 heterocycles. The summed E-state index contributed by atoms with van der Waals surface area (Å²) in [5.74, 6) is 1.55. The summed E-state index contributed by atoms with van der Waals surface area (Å²) in [6, 6.07) is 6.40. The Balaban J connectivity index is 2.28. The standard InChI is InChI=1S/C18H29BrO/c1-4-5-6-7-8-9-10-11-15(2)16-12-17(19)14-18(13-16)20-3/h12-15H,4-11H2,1-3H3. The summed E-state index contributed by atoms with van der Waals surface area (Å²) in [6.45, 7) is 4.59. The molecule has 114 valence electrons. The maximum Gasteiger partial charge on any atom is 0.120 e. The van der Waals surface area contributed by atoms with Crippen molar-refractivity contribution < 1.29 is 4.74 Å². The van der Waals surface area contributed by atoms with Crippen LogP contribution in [0.1, 0.15) is 76.7 Å². The fraction of sp³-hybridized carbons (Fsp3) is 0.667. The highest BCUT2D eigenvalue weighted by molar-refractivity contribution is 9.10. The Labute approximate surface area is 133 Å². The Morgan fingerprint density at radius 3 is 2.30 bits per heavy atom. The van der Waals surface area contributed by atoms with Gasteiger partial charge in [0.25, 0.3) is 0 Å². The van der Waals surface area contributed by atoms with Crippen molar-refractivity contribution in [3.8, 4) is 5.75 Å². The Hall–Kier alpha value is -0.500. The molecule has 2 heteroatoms. The van der Waals surface area contributed by atoms with Gasteiger partial charge >= 0.3 is 0 Å². The number of hydrogen-bond acceptors (Lipinski definition) is 1. The van der Waals surface area contributed by atoms with E-state index in [2.05, 4.69) is 41.9 Å². The average molecular weight is 341 g/mol. The van der Waals surface area contributed by atoms with Crippen LogP contribution in [0.15, 0.2) is 22.7 Å². The van der Waals surface area contributed by atoms with E-state index in [0.717, 1.165) is 10.2 Å². The van der Waals surface area contributed by atoms with E-state index < -0.39 is 0 Å². The fourth-order valence-corrected chi connectivity index (χ4v) is 3.05. The molecule has 1 atom stereocenters. The van der Waals surface area contributed by atoms with Crippen LogP contribution in [-0.4, -0.2) is 7.11 Å². The molecule has 0 aliphatic heterocycles. The molecule has 1 nitrogen and oxygen atoms in total. The van der Waals surface area contributed by atoms with Crippen LogP contribution in [0.5, 0.6) is 5.75 Å². The number of unbranched alkanes of at least 4 members (excludes halogenated alkanes) is 6. The number of ether oxygens (including phenoxy) is 1. The van der Waals surface area contributed by atoms with E-state index in [0.29, 0.717) is 5.92 Å². The van der Waals surface area contributed by atoms with Gasteiger partial charge in [0.05, 0.1) is 7.11 Å². The highest BCUT2D eigenvalue weighted by Crippen LogP contribution is 2.29. The molecule has 1 aromatic carbocycles. The first kappa shape index (κ1) is 17.6. The van der Waals surface area contributed by atoms with Crippen molar-refractivity contribution in [2.45, 2.75) is 71.1 Å². The van der Waals surface area contributed by atoms with E-state index in [1.54, 1.807) is 7.11 Å². The quantitative estimate of drug-likeness (QED) is 0.430. The first-order chi connectivity index (χ1) is 9.67. The zero-order chi connectivity index (χ0) is 14.8. The molecule has 0 N–H and O–H groups in total. The van der Waals surface area contributed by atoms with E-state index in [1.165, 1.54) is 56.9 Å². The third-order valence-corrected chi connectivity index (χ3v) is 4.40. The van der Waals surface area contributed by atoms with Crippen molar-refractivity contribution in [3.05, 3.63) is 28.2 Å². The van der Waals surface area contributed by atoms with Gasteiger partial charge in [-0.05, 0) is 36.1 Å². The predicted molar refractivity (Wildman–Crippen MR) is 91.7 cm³/mol. The van der Waals surface area contributed by atoms with Crippen LogP contribution in [0.2, 0.25) is 0 Å². The number of halogens is 1. The monoisotopic (exact) mass is 340 g/mol. The topological polar surface area (TPSA) is 9.23 Å². The summed E-state index contributed by atoms with van der Waals surface area (Å²) >= 11 is 3.56. The third kappa shape index (κ3) is 6.78. The minimum absolute atomic E-state index is 0.608. The Morgan fingerprint density at radius 2 is 1.65 bits per heavy atom. The van der Waals surface area contributed by atoms with Gasteiger partial charge < -0.3 is 4.74 Å². The van der Waals surface area contributed by atoms with E-state index in [9.17, 15) is 0 Å². The third-order valence-electron chi connectivity index (χ3n) is 3.94. The molecule has 0 saturated heterocycles. The summed E-state index contributed by atoms with van der Waals surface area (Å²) in [4.78, 5) is 0. The van der Waals surface area contributed by atoms with E-state index in [4.69, 9.17) is 4.74 Å². The van der Waals surface area contributed by atoms with Crippen molar-refractivity contribution in [2.24, 2.45) is 0 Å². The van der Waals surface area contributed by atoms with Crippen molar-refractivity contribution in [3.63, 3.8) is 0 Å². The maximum atomic E-state index is 5.34. The Bertz CT molecular complexity index is 376. The van der Waals surface area contributed by atoms with Crippen LogP contribution < -0.4 is 4.74 Å². The number of hydrogen-bond donors (Lipinski definition) is 0.